The normalized spacial score (nSPS) is 11.2. The summed E-state index contributed by atoms with van der Waals surface area (Å²) in [5.74, 6) is -0.636. The minimum absolute atomic E-state index is 0.0228. The lowest BCUT2D eigenvalue weighted by Gasteiger charge is -2.11. The monoisotopic (exact) mass is 305 g/mol. The first-order valence-corrected chi connectivity index (χ1v) is 6.27. The lowest BCUT2D eigenvalue weighted by Crippen LogP contribution is -2.19. The maximum atomic E-state index is 12.1. The van der Waals surface area contributed by atoms with E-state index in [1.807, 2.05) is 0 Å². The van der Waals surface area contributed by atoms with Crippen molar-refractivity contribution in [2.75, 3.05) is 5.32 Å². The van der Waals surface area contributed by atoms with Crippen LogP contribution in [0.15, 0.2) is 47.6 Å². The molecular formula is C14H12ClN3O3. The average molecular weight is 306 g/mol. The molecule has 0 aromatic heterocycles. The Hall–Kier alpha value is -2.73. The predicted molar refractivity (Wildman–Crippen MR) is 80.0 cm³/mol. The third-order valence-corrected chi connectivity index (χ3v) is 2.96. The van der Waals surface area contributed by atoms with Crippen LogP contribution in [0.1, 0.15) is 15.9 Å². The van der Waals surface area contributed by atoms with Crippen LogP contribution in [-0.4, -0.2) is 22.1 Å². The van der Waals surface area contributed by atoms with Crippen LogP contribution < -0.4 is 11.1 Å². The highest BCUT2D eigenvalue weighted by atomic mass is 35.5. The van der Waals surface area contributed by atoms with Crippen LogP contribution in [0, 0.1) is 0 Å². The van der Waals surface area contributed by atoms with Gasteiger partial charge in [-0.2, -0.15) is 0 Å². The Morgan fingerprint density at radius 3 is 2.67 bits per heavy atom. The van der Waals surface area contributed by atoms with Gasteiger partial charge in [0.1, 0.15) is 5.75 Å². The van der Waals surface area contributed by atoms with E-state index in [0.717, 1.165) is 0 Å². The second-order valence-corrected chi connectivity index (χ2v) is 4.62. The Labute approximate surface area is 125 Å². The summed E-state index contributed by atoms with van der Waals surface area (Å²) in [5, 5.41) is 24.0. The van der Waals surface area contributed by atoms with E-state index in [-0.39, 0.29) is 17.1 Å². The summed E-state index contributed by atoms with van der Waals surface area (Å²) in [7, 11) is 0. The smallest absolute Gasteiger partial charge is 0.255 e. The van der Waals surface area contributed by atoms with Crippen molar-refractivity contribution in [3.8, 4) is 5.75 Å². The fraction of sp³-hybridized carbons (Fsp3) is 0. The molecule has 2 aromatic rings. The number of halogens is 1. The van der Waals surface area contributed by atoms with Crippen molar-refractivity contribution in [1.29, 1.82) is 0 Å². The van der Waals surface area contributed by atoms with Gasteiger partial charge in [-0.05, 0) is 36.4 Å². The number of carbonyl (C=O) groups is 1. The third-order valence-electron chi connectivity index (χ3n) is 2.72. The number of aromatic hydroxyl groups is 1. The zero-order chi connectivity index (χ0) is 15.4. The number of amides is 1. The van der Waals surface area contributed by atoms with Crippen molar-refractivity contribution in [2.24, 2.45) is 10.9 Å². The van der Waals surface area contributed by atoms with E-state index >= 15 is 0 Å². The number of nitrogens with zero attached hydrogens (tertiary/aromatic N) is 1. The number of carbonyl (C=O) groups excluding carboxylic acids is 1. The second kappa shape index (κ2) is 6.15. The van der Waals surface area contributed by atoms with Crippen molar-refractivity contribution in [2.45, 2.75) is 0 Å². The molecule has 108 valence electrons. The number of rotatable bonds is 3. The van der Waals surface area contributed by atoms with Crippen molar-refractivity contribution >= 4 is 29.0 Å². The van der Waals surface area contributed by atoms with Crippen molar-refractivity contribution in [1.82, 2.24) is 0 Å². The molecule has 0 spiro atoms. The van der Waals surface area contributed by atoms with E-state index < -0.39 is 5.91 Å². The molecule has 6 nitrogen and oxygen atoms in total. The van der Waals surface area contributed by atoms with Gasteiger partial charge in [0.25, 0.3) is 5.91 Å². The van der Waals surface area contributed by atoms with Crippen LogP contribution in [0.25, 0.3) is 0 Å². The molecule has 2 rings (SSSR count). The molecule has 2 aromatic carbocycles. The number of hydrogen-bond acceptors (Lipinski definition) is 4. The Bertz CT molecular complexity index is 716. The highest BCUT2D eigenvalue weighted by Gasteiger charge is 2.12. The van der Waals surface area contributed by atoms with Gasteiger partial charge in [-0.25, -0.2) is 0 Å². The molecule has 0 aliphatic heterocycles. The number of nitrogens with two attached hydrogens (primary N) is 1. The number of hydrogen-bond donors (Lipinski definition) is 4. The molecule has 7 heteroatoms. The van der Waals surface area contributed by atoms with E-state index in [1.54, 1.807) is 18.2 Å². The number of nitrogens with one attached hydrogen (secondary N) is 1. The van der Waals surface area contributed by atoms with E-state index in [2.05, 4.69) is 10.5 Å². The quantitative estimate of drug-likeness (QED) is 0.302. The SMILES string of the molecule is NC(=NO)c1ccc(Cl)cc1NC(=O)c1cccc(O)c1. The summed E-state index contributed by atoms with van der Waals surface area (Å²) < 4.78 is 0. The number of phenols is 1. The number of oxime groups is 1. The minimum Gasteiger partial charge on any atom is -0.508 e. The predicted octanol–water partition coefficient (Wildman–Crippen LogP) is 2.39. The standard InChI is InChI=1S/C14H12ClN3O3/c15-9-4-5-11(13(16)18-21)12(7-9)17-14(20)8-2-1-3-10(19)6-8/h1-7,19,21H,(H2,16,18)(H,17,20). The molecular weight excluding hydrogens is 294 g/mol. The van der Waals surface area contributed by atoms with Gasteiger partial charge < -0.3 is 21.4 Å². The zero-order valence-electron chi connectivity index (χ0n) is 10.7. The number of phenolic OH excluding ortho intramolecular Hbond substituents is 1. The molecule has 0 unspecified atom stereocenters. The highest BCUT2D eigenvalue weighted by molar-refractivity contribution is 6.31. The highest BCUT2D eigenvalue weighted by Crippen LogP contribution is 2.22. The van der Waals surface area contributed by atoms with Gasteiger partial charge in [0.05, 0.1) is 5.69 Å². The maximum Gasteiger partial charge on any atom is 0.255 e. The lowest BCUT2D eigenvalue weighted by atomic mass is 10.1. The van der Waals surface area contributed by atoms with Crippen LogP contribution in [0.2, 0.25) is 5.02 Å². The first-order chi connectivity index (χ1) is 10.0. The molecule has 0 fully saturated rings. The summed E-state index contributed by atoms with van der Waals surface area (Å²) in [6.07, 6.45) is 0. The van der Waals surface area contributed by atoms with Crippen LogP contribution >= 0.6 is 11.6 Å². The first-order valence-electron chi connectivity index (χ1n) is 5.89. The number of amidine groups is 1. The second-order valence-electron chi connectivity index (χ2n) is 4.18. The summed E-state index contributed by atoms with van der Waals surface area (Å²) in [6, 6.07) is 10.4. The molecule has 0 bridgehead atoms. The van der Waals surface area contributed by atoms with Gasteiger partial charge in [-0.3, -0.25) is 4.79 Å². The van der Waals surface area contributed by atoms with Crippen LogP contribution in [0.3, 0.4) is 0 Å². The minimum atomic E-state index is -0.458. The maximum absolute atomic E-state index is 12.1. The molecule has 21 heavy (non-hydrogen) atoms. The van der Waals surface area contributed by atoms with Gasteiger partial charge in [-0.1, -0.05) is 22.8 Å². The Balaban J connectivity index is 2.35. The largest absolute Gasteiger partial charge is 0.508 e. The Morgan fingerprint density at radius 2 is 2.00 bits per heavy atom. The van der Waals surface area contributed by atoms with Gasteiger partial charge in [0.15, 0.2) is 5.84 Å². The van der Waals surface area contributed by atoms with Crippen LogP contribution in [-0.2, 0) is 0 Å². The Kier molecular flexibility index (Phi) is 4.30. The third kappa shape index (κ3) is 3.43. The van der Waals surface area contributed by atoms with Gasteiger partial charge in [0, 0.05) is 16.1 Å². The fourth-order valence-corrected chi connectivity index (χ4v) is 1.91. The van der Waals surface area contributed by atoms with E-state index in [1.165, 1.54) is 24.3 Å². The average Bonchev–Trinajstić information content (AvgIpc) is 2.46. The summed E-state index contributed by atoms with van der Waals surface area (Å²) in [5.41, 5.74) is 6.44. The van der Waals surface area contributed by atoms with Crippen LogP contribution in [0.5, 0.6) is 5.75 Å². The molecule has 0 aliphatic carbocycles. The van der Waals surface area contributed by atoms with Crippen molar-refractivity contribution in [3.05, 3.63) is 58.6 Å². The Morgan fingerprint density at radius 1 is 1.24 bits per heavy atom. The topological polar surface area (TPSA) is 108 Å². The van der Waals surface area contributed by atoms with Crippen LogP contribution in [0.4, 0.5) is 5.69 Å². The first kappa shape index (κ1) is 14.7. The summed E-state index contributed by atoms with van der Waals surface area (Å²) >= 11 is 5.88. The van der Waals surface area contributed by atoms with E-state index in [9.17, 15) is 9.90 Å². The molecule has 0 atom stereocenters. The van der Waals surface area contributed by atoms with Gasteiger partial charge in [0.2, 0.25) is 0 Å². The van der Waals surface area contributed by atoms with Gasteiger partial charge >= 0.3 is 0 Å². The lowest BCUT2D eigenvalue weighted by molar-refractivity contribution is 0.102. The molecule has 0 saturated heterocycles. The molecule has 0 saturated carbocycles. The van der Waals surface area contributed by atoms with Crippen molar-refractivity contribution < 1.29 is 15.1 Å². The molecule has 0 radical (unpaired) electrons. The summed E-state index contributed by atoms with van der Waals surface area (Å²) in [6.45, 7) is 0. The van der Waals surface area contributed by atoms with Gasteiger partial charge in [-0.15, -0.1) is 0 Å². The molecule has 0 aliphatic rings. The fourth-order valence-electron chi connectivity index (χ4n) is 1.74. The van der Waals surface area contributed by atoms with Crippen molar-refractivity contribution in [3.63, 3.8) is 0 Å². The zero-order valence-corrected chi connectivity index (χ0v) is 11.5. The van der Waals surface area contributed by atoms with E-state index in [0.29, 0.717) is 16.3 Å². The number of anilines is 1. The number of benzene rings is 2. The molecule has 0 heterocycles. The summed E-state index contributed by atoms with van der Waals surface area (Å²) in [4.78, 5) is 12.1. The molecule has 5 N–H and O–H groups in total. The molecule has 1 amide bonds. The van der Waals surface area contributed by atoms with E-state index in [4.69, 9.17) is 22.5 Å².